The fraction of sp³-hybridized carbons (Fsp3) is 0.538. The topological polar surface area (TPSA) is 12.0 Å². The van der Waals surface area contributed by atoms with Gasteiger partial charge >= 0.3 is 0 Å². The van der Waals surface area contributed by atoms with Crippen molar-refractivity contribution >= 4 is 17.3 Å². The third kappa shape index (κ3) is 2.49. The van der Waals surface area contributed by atoms with E-state index in [1.54, 1.807) is 12.1 Å². The van der Waals surface area contributed by atoms with Crippen LogP contribution < -0.4 is 5.32 Å². The highest BCUT2D eigenvalue weighted by atomic mass is 35.5. The summed E-state index contributed by atoms with van der Waals surface area (Å²) >= 11 is 5.99. The maximum absolute atomic E-state index is 13.6. The lowest BCUT2D eigenvalue weighted by Crippen LogP contribution is -2.30. The first-order valence-electron chi connectivity index (χ1n) is 5.89. The Morgan fingerprint density at radius 1 is 1.31 bits per heavy atom. The van der Waals surface area contributed by atoms with Gasteiger partial charge in [0.15, 0.2) is 0 Å². The van der Waals surface area contributed by atoms with Crippen LogP contribution in [0.15, 0.2) is 18.2 Å². The molecule has 1 saturated carbocycles. The van der Waals surface area contributed by atoms with Crippen molar-refractivity contribution in [3.05, 3.63) is 29.0 Å². The van der Waals surface area contributed by atoms with Gasteiger partial charge in [0.2, 0.25) is 0 Å². The third-order valence-electron chi connectivity index (χ3n) is 3.40. The second kappa shape index (κ2) is 5.05. The molecule has 0 bridgehead atoms. The van der Waals surface area contributed by atoms with E-state index < -0.39 is 0 Å². The van der Waals surface area contributed by atoms with Gasteiger partial charge in [0.05, 0.1) is 10.7 Å². The quantitative estimate of drug-likeness (QED) is 0.806. The Labute approximate surface area is 101 Å². The molecule has 1 aromatic rings. The Morgan fingerprint density at radius 2 is 2.06 bits per heavy atom. The third-order valence-corrected chi connectivity index (χ3v) is 3.72. The zero-order valence-electron chi connectivity index (χ0n) is 9.47. The molecule has 2 unspecified atom stereocenters. The predicted molar refractivity (Wildman–Crippen MR) is 66.5 cm³/mol. The Bertz CT molecular complexity index is 347. The van der Waals surface area contributed by atoms with E-state index in [-0.39, 0.29) is 5.82 Å². The van der Waals surface area contributed by atoms with Crippen molar-refractivity contribution in [3.63, 3.8) is 0 Å². The van der Waals surface area contributed by atoms with Crippen molar-refractivity contribution in [3.8, 4) is 0 Å². The lowest BCUT2D eigenvalue weighted by atomic mass is 9.86. The van der Waals surface area contributed by atoms with Gasteiger partial charge in [0.25, 0.3) is 0 Å². The van der Waals surface area contributed by atoms with Gasteiger partial charge in [-0.2, -0.15) is 0 Å². The number of anilines is 1. The van der Waals surface area contributed by atoms with Crippen LogP contribution in [-0.2, 0) is 0 Å². The summed E-state index contributed by atoms with van der Waals surface area (Å²) in [6.07, 6.45) is 4.81. The highest BCUT2D eigenvalue weighted by Gasteiger charge is 2.22. The molecule has 88 valence electrons. The van der Waals surface area contributed by atoms with Crippen LogP contribution in [0.1, 0.15) is 32.6 Å². The van der Waals surface area contributed by atoms with Crippen LogP contribution >= 0.6 is 11.6 Å². The second-order valence-corrected chi connectivity index (χ2v) is 5.02. The zero-order valence-corrected chi connectivity index (χ0v) is 10.2. The van der Waals surface area contributed by atoms with Crippen LogP contribution in [0.4, 0.5) is 10.1 Å². The zero-order chi connectivity index (χ0) is 11.5. The average molecular weight is 242 g/mol. The van der Waals surface area contributed by atoms with Gasteiger partial charge in [-0.15, -0.1) is 0 Å². The largest absolute Gasteiger partial charge is 0.378 e. The van der Waals surface area contributed by atoms with Crippen LogP contribution in [0.3, 0.4) is 0 Å². The summed E-state index contributed by atoms with van der Waals surface area (Å²) in [5, 5.41) is 3.73. The maximum atomic E-state index is 13.6. The summed E-state index contributed by atoms with van der Waals surface area (Å²) in [5.41, 5.74) is 0.461. The van der Waals surface area contributed by atoms with E-state index in [2.05, 4.69) is 12.2 Å². The standard InChI is InChI=1S/C13H17ClFN/c1-9-5-2-3-8-12(9)16-13-10(14)6-4-7-11(13)15/h4,6-7,9,12,16H,2-3,5,8H2,1H3. The van der Waals surface area contributed by atoms with Crippen molar-refractivity contribution in [2.24, 2.45) is 5.92 Å². The molecular weight excluding hydrogens is 225 g/mol. The molecule has 1 aliphatic rings. The van der Waals surface area contributed by atoms with Gasteiger partial charge in [0, 0.05) is 6.04 Å². The van der Waals surface area contributed by atoms with Crippen LogP contribution in [0.2, 0.25) is 5.02 Å². The van der Waals surface area contributed by atoms with Gasteiger partial charge in [0.1, 0.15) is 5.82 Å². The Hall–Kier alpha value is -0.760. The maximum Gasteiger partial charge on any atom is 0.147 e. The number of hydrogen-bond acceptors (Lipinski definition) is 1. The Kier molecular flexibility index (Phi) is 3.70. The lowest BCUT2D eigenvalue weighted by molar-refractivity contribution is 0.348. The monoisotopic (exact) mass is 241 g/mol. The van der Waals surface area contributed by atoms with Crippen molar-refractivity contribution < 1.29 is 4.39 Å². The number of halogens is 2. The molecule has 0 aromatic heterocycles. The molecule has 1 fully saturated rings. The van der Waals surface area contributed by atoms with E-state index in [9.17, 15) is 4.39 Å². The Balaban J connectivity index is 2.13. The number of nitrogens with one attached hydrogen (secondary N) is 1. The first-order chi connectivity index (χ1) is 7.68. The molecule has 1 nitrogen and oxygen atoms in total. The molecule has 1 aromatic carbocycles. The number of rotatable bonds is 2. The highest BCUT2D eigenvalue weighted by Crippen LogP contribution is 2.31. The molecule has 0 radical (unpaired) electrons. The van der Waals surface area contributed by atoms with Crippen molar-refractivity contribution in [2.45, 2.75) is 38.6 Å². The van der Waals surface area contributed by atoms with Gasteiger partial charge in [-0.1, -0.05) is 37.4 Å². The van der Waals surface area contributed by atoms with Crippen molar-refractivity contribution in [1.82, 2.24) is 0 Å². The summed E-state index contributed by atoms with van der Waals surface area (Å²) in [4.78, 5) is 0. The first-order valence-corrected chi connectivity index (χ1v) is 6.27. The van der Waals surface area contributed by atoms with E-state index in [0.717, 1.165) is 6.42 Å². The van der Waals surface area contributed by atoms with Crippen LogP contribution in [0.5, 0.6) is 0 Å². The summed E-state index contributed by atoms with van der Waals surface area (Å²) in [7, 11) is 0. The molecule has 0 heterocycles. The van der Waals surface area contributed by atoms with E-state index in [1.165, 1.54) is 25.3 Å². The summed E-state index contributed by atoms with van der Waals surface area (Å²) < 4.78 is 13.6. The first kappa shape index (κ1) is 11.7. The predicted octanol–water partition coefficient (Wildman–Crippen LogP) is 4.47. The van der Waals surface area contributed by atoms with E-state index in [0.29, 0.717) is 22.7 Å². The number of hydrogen-bond donors (Lipinski definition) is 1. The lowest BCUT2D eigenvalue weighted by Gasteiger charge is -2.30. The molecule has 2 rings (SSSR count). The smallest absolute Gasteiger partial charge is 0.147 e. The molecule has 1 aliphatic carbocycles. The van der Waals surface area contributed by atoms with E-state index >= 15 is 0 Å². The van der Waals surface area contributed by atoms with Crippen LogP contribution in [0, 0.1) is 11.7 Å². The summed E-state index contributed by atoms with van der Waals surface area (Å²) in [5.74, 6) is 0.328. The normalized spacial score (nSPS) is 25.4. The average Bonchev–Trinajstić information content (AvgIpc) is 2.26. The number of para-hydroxylation sites is 1. The summed E-state index contributed by atoms with van der Waals surface area (Å²) in [6, 6.07) is 5.15. The molecule has 0 spiro atoms. The van der Waals surface area contributed by atoms with E-state index in [4.69, 9.17) is 11.6 Å². The highest BCUT2D eigenvalue weighted by molar-refractivity contribution is 6.33. The minimum absolute atomic E-state index is 0.259. The van der Waals surface area contributed by atoms with Gasteiger partial charge in [-0.25, -0.2) is 4.39 Å². The SMILES string of the molecule is CC1CCCCC1Nc1c(F)cccc1Cl. The fourth-order valence-electron chi connectivity index (χ4n) is 2.35. The Morgan fingerprint density at radius 3 is 2.75 bits per heavy atom. The molecule has 0 amide bonds. The molecule has 16 heavy (non-hydrogen) atoms. The number of benzene rings is 1. The minimum atomic E-state index is -0.259. The summed E-state index contributed by atoms with van der Waals surface area (Å²) in [6.45, 7) is 2.21. The van der Waals surface area contributed by atoms with Crippen LogP contribution in [-0.4, -0.2) is 6.04 Å². The van der Waals surface area contributed by atoms with Crippen LogP contribution in [0.25, 0.3) is 0 Å². The minimum Gasteiger partial charge on any atom is -0.378 e. The molecular formula is C13H17ClFN. The fourth-order valence-corrected chi connectivity index (χ4v) is 2.57. The van der Waals surface area contributed by atoms with Gasteiger partial charge in [-0.3, -0.25) is 0 Å². The molecule has 2 atom stereocenters. The molecule has 1 N–H and O–H groups in total. The molecule has 0 aliphatic heterocycles. The van der Waals surface area contributed by atoms with Crippen molar-refractivity contribution in [2.75, 3.05) is 5.32 Å². The van der Waals surface area contributed by atoms with Gasteiger partial charge in [-0.05, 0) is 30.9 Å². The molecule has 3 heteroatoms. The second-order valence-electron chi connectivity index (χ2n) is 4.61. The van der Waals surface area contributed by atoms with Gasteiger partial charge < -0.3 is 5.32 Å². The van der Waals surface area contributed by atoms with E-state index in [1.807, 2.05) is 0 Å². The van der Waals surface area contributed by atoms with Crippen molar-refractivity contribution in [1.29, 1.82) is 0 Å². The molecule has 0 saturated heterocycles.